The van der Waals surface area contributed by atoms with E-state index < -0.39 is 5.79 Å². The van der Waals surface area contributed by atoms with Crippen molar-refractivity contribution in [1.29, 1.82) is 0 Å². The Morgan fingerprint density at radius 2 is 2.09 bits per heavy atom. The summed E-state index contributed by atoms with van der Waals surface area (Å²) in [4.78, 5) is 8.31. The molecule has 0 bridgehead atoms. The van der Waals surface area contributed by atoms with Crippen molar-refractivity contribution in [3.63, 3.8) is 0 Å². The molecule has 2 saturated heterocycles. The first-order valence-electron chi connectivity index (χ1n) is 7.11. The average Bonchev–Trinajstić information content (AvgIpc) is 3.10. The molecule has 0 N–H and O–H groups in total. The highest BCUT2D eigenvalue weighted by atomic mass is 35.5. The molecule has 0 aliphatic carbocycles. The average molecular weight is 322 g/mol. The molecule has 4 atom stereocenters. The number of ether oxygens (including phenoxy) is 3. The molecule has 0 amide bonds. The van der Waals surface area contributed by atoms with Gasteiger partial charge in [-0.05, 0) is 19.9 Å². The third kappa shape index (κ3) is 1.99. The predicted molar refractivity (Wildman–Crippen MR) is 80.5 cm³/mol. The van der Waals surface area contributed by atoms with Crippen molar-refractivity contribution in [1.82, 2.24) is 14.5 Å². The second-order valence-corrected chi connectivity index (χ2v) is 6.27. The first-order valence-corrected chi connectivity index (χ1v) is 7.49. The monoisotopic (exact) mass is 321 g/mol. The van der Waals surface area contributed by atoms with E-state index in [0.717, 1.165) is 5.39 Å². The van der Waals surface area contributed by atoms with Crippen LogP contribution in [0.5, 0.6) is 0 Å². The van der Waals surface area contributed by atoms with Crippen LogP contribution in [0, 0.1) is 0 Å². The Balaban J connectivity index is 1.78. The van der Waals surface area contributed by atoms with Gasteiger partial charge < -0.3 is 18.8 Å². The Morgan fingerprint density at radius 1 is 1.32 bits per heavy atom. The maximum Gasteiger partial charge on any atom is 0.165 e. The Hall–Kier alpha value is -1.47. The van der Waals surface area contributed by atoms with Gasteiger partial charge in [-0.3, -0.25) is 0 Å². The minimum atomic E-state index is -0.645. The van der Waals surface area contributed by atoms with E-state index in [0.29, 0.717) is 10.8 Å². The normalized spacial score (nSPS) is 33.2. The van der Waals surface area contributed by atoms with Crippen molar-refractivity contribution in [3.8, 4) is 0 Å². The summed E-state index contributed by atoms with van der Waals surface area (Å²) in [5.41, 5.74) is 0.710. The van der Waals surface area contributed by atoms with Crippen LogP contribution in [-0.2, 0) is 14.2 Å². The van der Waals surface area contributed by atoms with Gasteiger partial charge >= 0.3 is 0 Å². The lowest BCUT2D eigenvalue weighted by Gasteiger charge is -2.24. The SMILES string of the molecule is C=C[C@H]1O[C@@H](n2ccc3c(Cl)ncnc32)[C@@H]2OC(C)(C)O[C@@H]21. The number of hydrogen-bond acceptors (Lipinski definition) is 5. The number of hydrogen-bond donors (Lipinski definition) is 0. The zero-order valence-corrected chi connectivity index (χ0v) is 13.0. The van der Waals surface area contributed by atoms with Gasteiger partial charge in [0, 0.05) is 6.20 Å². The van der Waals surface area contributed by atoms with Crippen LogP contribution in [0.2, 0.25) is 5.15 Å². The van der Waals surface area contributed by atoms with Crippen LogP contribution < -0.4 is 0 Å². The van der Waals surface area contributed by atoms with Crippen LogP contribution in [-0.4, -0.2) is 38.6 Å². The van der Waals surface area contributed by atoms with Gasteiger partial charge in [0.1, 0.15) is 35.4 Å². The first kappa shape index (κ1) is 14.1. The van der Waals surface area contributed by atoms with E-state index in [1.807, 2.05) is 30.7 Å². The third-order valence-corrected chi connectivity index (χ3v) is 4.33. The highest BCUT2D eigenvalue weighted by Crippen LogP contribution is 2.44. The summed E-state index contributed by atoms with van der Waals surface area (Å²) >= 11 is 6.11. The molecule has 0 saturated carbocycles. The summed E-state index contributed by atoms with van der Waals surface area (Å²) in [5, 5.41) is 1.20. The zero-order chi connectivity index (χ0) is 15.5. The molecule has 4 heterocycles. The predicted octanol–water partition coefficient (Wildman–Crippen LogP) is 2.69. The largest absolute Gasteiger partial charge is 0.345 e. The van der Waals surface area contributed by atoms with E-state index in [9.17, 15) is 0 Å². The minimum Gasteiger partial charge on any atom is -0.345 e. The van der Waals surface area contributed by atoms with Crippen molar-refractivity contribution >= 4 is 22.6 Å². The molecular weight excluding hydrogens is 306 g/mol. The van der Waals surface area contributed by atoms with E-state index in [-0.39, 0.29) is 24.5 Å². The summed E-state index contributed by atoms with van der Waals surface area (Å²) < 4.78 is 19.9. The molecule has 6 nitrogen and oxygen atoms in total. The fraction of sp³-hybridized carbons (Fsp3) is 0.467. The fourth-order valence-electron chi connectivity index (χ4n) is 3.17. The molecule has 2 aromatic heterocycles. The van der Waals surface area contributed by atoms with Crippen molar-refractivity contribution < 1.29 is 14.2 Å². The van der Waals surface area contributed by atoms with Gasteiger partial charge in [-0.2, -0.15) is 0 Å². The standard InChI is InChI=1S/C15H16ClN3O3/c1-4-9-10-11(22-15(2,3)21-10)14(20-9)19-6-5-8-12(16)17-7-18-13(8)19/h4-7,9-11,14H,1H2,2-3H3/t9-,10-,11-,14-/m1/s1. The number of halogens is 1. The number of rotatable bonds is 2. The van der Waals surface area contributed by atoms with E-state index in [1.165, 1.54) is 6.33 Å². The van der Waals surface area contributed by atoms with Gasteiger partial charge in [0.15, 0.2) is 12.0 Å². The van der Waals surface area contributed by atoms with Gasteiger partial charge in [0.05, 0.1) is 5.39 Å². The Kier molecular flexibility index (Phi) is 3.06. The molecular formula is C15H16ClN3O3. The number of nitrogens with zero attached hydrogens (tertiary/aromatic N) is 3. The van der Waals surface area contributed by atoms with Gasteiger partial charge in [0.2, 0.25) is 0 Å². The Labute approximate surface area is 132 Å². The number of fused-ring (bicyclic) bond motifs is 2. The fourth-order valence-corrected chi connectivity index (χ4v) is 3.36. The smallest absolute Gasteiger partial charge is 0.165 e. The molecule has 2 aliphatic heterocycles. The topological polar surface area (TPSA) is 58.4 Å². The minimum absolute atomic E-state index is 0.188. The molecule has 7 heteroatoms. The summed E-state index contributed by atoms with van der Waals surface area (Å²) in [6, 6.07) is 1.87. The highest BCUT2D eigenvalue weighted by molar-refractivity contribution is 6.33. The summed E-state index contributed by atoms with van der Waals surface area (Å²) in [5.74, 6) is -0.645. The van der Waals surface area contributed by atoms with E-state index >= 15 is 0 Å². The quantitative estimate of drug-likeness (QED) is 0.628. The van der Waals surface area contributed by atoms with E-state index in [2.05, 4.69) is 16.5 Å². The molecule has 0 aromatic carbocycles. The lowest BCUT2D eigenvalue weighted by atomic mass is 10.1. The molecule has 4 rings (SSSR count). The van der Waals surface area contributed by atoms with Crippen molar-refractivity contribution in [2.24, 2.45) is 0 Å². The molecule has 116 valence electrons. The van der Waals surface area contributed by atoms with Gasteiger partial charge in [-0.25, -0.2) is 9.97 Å². The molecule has 0 spiro atoms. The van der Waals surface area contributed by atoms with Crippen molar-refractivity contribution in [3.05, 3.63) is 36.4 Å². The first-order chi connectivity index (χ1) is 10.5. The molecule has 2 aliphatic rings. The van der Waals surface area contributed by atoms with Gasteiger partial charge in [-0.1, -0.05) is 17.7 Å². The van der Waals surface area contributed by atoms with Crippen LogP contribution in [0.1, 0.15) is 20.1 Å². The molecule has 0 unspecified atom stereocenters. The maximum atomic E-state index is 6.11. The summed E-state index contributed by atoms with van der Waals surface area (Å²) in [6.45, 7) is 7.62. The van der Waals surface area contributed by atoms with Crippen LogP contribution in [0.15, 0.2) is 31.2 Å². The third-order valence-electron chi connectivity index (χ3n) is 4.03. The van der Waals surface area contributed by atoms with Crippen molar-refractivity contribution in [2.75, 3.05) is 0 Å². The van der Waals surface area contributed by atoms with Crippen LogP contribution >= 0.6 is 11.6 Å². The second-order valence-electron chi connectivity index (χ2n) is 5.92. The van der Waals surface area contributed by atoms with E-state index in [4.69, 9.17) is 25.8 Å². The molecule has 22 heavy (non-hydrogen) atoms. The summed E-state index contributed by atoms with van der Waals surface area (Å²) in [7, 11) is 0. The van der Waals surface area contributed by atoms with Crippen LogP contribution in [0.4, 0.5) is 0 Å². The number of aromatic nitrogens is 3. The van der Waals surface area contributed by atoms with Gasteiger partial charge in [-0.15, -0.1) is 6.58 Å². The Morgan fingerprint density at radius 3 is 2.86 bits per heavy atom. The van der Waals surface area contributed by atoms with Crippen LogP contribution in [0.25, 0.3) is 11.0 Å². The molecule has 2 fully saturated rings. The Bertz CT molecular complexity index is 745. The van der Waals surface area contributed by atoms with E-state index in [1.54, 1.807) is 6.08 Å². The second kappa shape index (κ2) is 4.76. The lowest BCUT2D eigenvalue weighted by molar-refractivity contribution is -0.191. The lowest BCUT2D eigenvalue weighted by Crippen LogP contribution is -2.27. The zero-order valence-electron chi connectivity index (χ0n) is 12.3. The van der Waals surface area contributed by atoms with Gasteiger partial charge in [0.25, 0.3) is 0 Å². The summed E-state index contributed by atoms with van der Waals surface area (Å²) in [6.07, 6.45) is 4.07. The highest BCUT2D eigenvalue weighted by Gasteiger charge is 2.55. The van der Waals surface area contributed by atoms with Crippen molar-refractivity contribution in [2.45, 2.75) is 44.2 Å². The van der Waals surface area contributed by atoms with Crippen LogP contribution in [0.3, 0.4) is 0 Å². The molecule has 2 aromatic rings. The molecule has 0 radical (unpaired) electrons. The maximum absolute atomic E-state index is 6.11.